The third-order valence-electron chi connectivity index (χ3n) is 4.20. The standard InChI is InChI=1S/C23H28O6/c1-3-21(24)27-15-13-26-14-16-28-22(4-2)29-20-12-8-11-19(17-20)23(25)18-9-6-5-7-10-18/h3,5-10,12,17,19,22H,1,4,11,13-16H2,2H3. The molecule has 0 bridgehead atoms. The first-order valence-electron chi connectivity index (χ1n) is 9.76. The number of carbonyl (C=O) groups is 2. The molecule has 0 fully saturated rings. The molecule has 156 valence electrons. The van der Waals surface area contributed by atoms with Crippen LogP contribution in [-0.2, 0) is 23.7 Å². The monoisotopic (exact) mass is 400 g/mol. The zero-order chi connectivity index (χ0) is 20.9. The van der Waals surface area contributed by atoms with Crippen molar-refractivity contribution in [3.8, 4) is 0 Å². The molecule has 1 aromatic carbocycles. The lowest BCUT2D eigenvalue weighted by Crippen LogP contribution is -2.21. The third-order valence-corrected chi connectivity index (χ3v) is 4.20. The fourth-order valence-electron chi connectivity index (χ4n) is 2.72. The Hall–Kier alpha value is -2.70. The van der Waals surface area contributed by atoms with Crippen LogP contribution in [0, 0.1) is 5.92 Å². The molecule has 0 saturated carbocycles. The third kappa shape index (κ3) is 8.05. The topological polar surface area (TPSA) is 71.1 Å². The van der Waals surface area contributed by atoms with Crippen molar-refractivity contribution in [2.75, 3.05) is 26.4 Å². The van der Waals surface area contributed by atoms with Gasteiger partial charge in [0.05, 0.1) is 19.8 Å². The summed E-state index contributed by atoms with van der Waals surface area (Å²) in [5.74, 6) is 0.00360. The SMILES string of the molecule is C=CC(=O)OCCOCCOC(CC)OC1=CC(C(=O)c2ccccc2)CC=C1. The predicted molar refractivity (Wildman–Crippen MR) is 109 cm³/mol. The molecular formula is C23H28O6. The van der Waals surface area contributed by atoms with Crippen LogP contribution < -0.4 is 0 Å². The van der Waals surface area contributed by atoms with Gasteiger partial charge < -0.3 is 18.9 Å². The Morgan fingerprint density at radius 1 is 1.17 bits per heavy atom. The van der Waals surface area contributed by atoms with Crippen LogP contribution in [0.15, 0.2) is 67.0 Å². The zero-order valence-corrected chi connectivity index (χ0v) is 16.8. The van der Waals surface area contributed by atoms with Crippen LogP contribution in [0.5, 0.6) is 0 Å². The Labute approximate surface area is 171 Å². The van der Waals surface area contributed by atoms with Crippen molar-refractivity contribution in [1.82, 2.24) is 0 Å². The molecule has 6 heteroatoms. The number of rotatable bonds is 13. The average Bonchev–Trinajstić information content (AvgIpc) is 2.77. The van der Waals surface area contributed by atoms with E-state index < -0.39 is 12.3 Å². The molecule has 1 aliphatic carbocycles. The number of hydrogen-bond donors (Lipinski definition) is 0. The summed E-state index contributed by atoms with van der Waals surface area (Å²) in [6.45, 7) is 6.44. The van der Waals surface area contributed by atoms with Crippen molar-refractivity contribution < 1.29 is 28.5 Å². The van der Waals surface area contributed by atoms with Crippen molar-refractivity contribution >= 4 is 11.8 Å². The van der Waals surface area contributed by atoms with Crippen LogP contribution in [0.4, 0.5) is 0 Å². The lowest BCUT2D eigenvalue weighted by Gasteiger charge is -2.22. The lowest BCUT2D eigenvalue weighted by atomic mass is 9.91. The summed E-state index contributed by atoms with van der Waals surface area (Å²) in [5.41, 5.74) is 0.697. The van der Waals surface area contributed by atoms with E-state index in [9.17, 15) is 9.59 Å². The Kier molecular flexibility index (Phi) is 9.89. The number of carbonyl (C=O) groups excluding carboxylic acids is 2. The Morgan fingerprint density at radius 2 is 1.93 bits per heavy atom. The number of ketones is 1. The summed E-state index contributed by atoms with van der Waals surface area (Å²) in [5, 5.41) is 0. The minimum Gasteiger partial charge on any atom is -0.465 e. The van der Waals surface area contributed by atoms with Gasteiger partial charge in [-0.25, -0.2) is 4.79 Å². The van der Waals surface area contributed by atoms with Gasteiger partial charge in [-0.05, 0) is 18.6 Å². The molecule has 0 aliphatic heterocycles. The Bertz CT molecular complexity index is 722. The maximum atomic E-state index is 12.6. The number of hydrogen-bond acceptors (Lipinski definition) is 6. The number of benzene rings is 1. The molecule has 0 radical (unpaired) electrons. The van der Waals surface area contributed by atoms with E-state index in [-0.39, 0.29) is 24.9 Å². The molecule has 2 unspecified atom stereocenters. The highest BCUT2D eigenvalue weighted by molar-refractivity contribution is 5.99. The lowest BCUT2D eigenvalue weighted by molar-refractivity contribution is -0.141. The van der Waals surface area contributed by atoms with E-state index >= 15 is 0 Å². The van der Waals surface area contributed by atoms with Gasteiger partial charge in [0.15, 0.2) is 12.1 Å². The second-order valence-electron chi connectivity index (χ2n) is 6.35. The number of esters is 1. The van der Waals surface area contributed by atoms with Gasteiger partial charge in [0.1, 0.15) is 12.4 Å². The molecule has 0 N–H and O–H groups in total. The second-order valence-corrected chi connectivity index (χ2v) is 6.35. The van der Waals surface area contributed by atoms with Crippen molar-refractivity contribution in [2.45, 2.75) is 26.1 Å². The van der Waals surface area contributed by atoms with Gasteiger partial charge in [0, 0.05) is 24.0 Å². The number of ether oxygens (including phenoxy) is 4. The molecule has 1 aliphatic rings. The van der Waals surface area contributed by atoms with Gasteiger partial charge in [-0.2, -0.15) is 0 Å². The molecular weight excluding hydrogens is 372 g/mol. The summed E-state index contributed by atoms with van der Waals surface area (Å²) in [6.07, 6.45) is 7.65. The van der Waals surface area contributed by atoms with Crippen LogP contribution in [0.1, 0.15) is 30.1 Å². The maximum Gasteiger partial charge on any atom is 0.330 e. The van der Waals surface area contributed by atoms with Crippen LogP contribution in [0.2, 0.25) is 0 Å². The van der Waals surface area contributed by atoms with Crippen LogP contribution in [-0.4, -0.2) is 44.5 Å². The molecule has 2 rings (SSSR count). The van der Waals surface area contributed by atoms with Crippen LogP contribution in [0.3, 0.4) is 0 Å². The van der Waals surface area contributed by atoms with E-state index in [1.807, 2.05) is 55.5 Å². The fraction of sp³-hybridized carbons (Fsp3) is 0.391. The molecule has 0 spiro atoms. The quantitative estimate of drug-likeness (QED) is 0.165. The minimum atomic E-state index is -0.470. The van der Waals surface area contributed by atoms with E-state index in [0.29, 0.717) is 37.4 Å². The van der Waals surface area contributed by atoms with Gasteiger partial charge in [-0.15, -0.1) is 0 Å². The van der Waals surface area contributed by atoms with Crippen molar-refractivity contribution in [3.05, 3.63) is 72.5 Å². The molecule has 6 nitrogen and oxygen atoms in total. The van der Waals surface area contributed by atoms with Crippen LogP contribution in [0.25, 0.3) is 0 Å². The molecule has 1 aromatic rings. The molecule has 0 heterocycles. The van der Waals surface area contributed by atoms with Gasteiger partial charge in [0.2, 0.25) is 0 Å². The fourth-order valence-corrected chi connectivity index (χ4v) is 2.72. The van der Waals surface area contributed by atoms with E-state index in [4.69, 9.17) is 18.9 Å². The smallest absolute Gasteiger partial charge is 0.330 e. The number of allylic oxidation sites excluding steroid dienone is 3. The Balaban J connectivity index is 1.74. The highest BCUT2D eigenvalue weighted by Crippen LogP contribution is 2.23. The summed E-state index contributed by atoms with van der Waals surface area (Å²) < 4.78 is 21.7. The Morgan fingerprint density at radius 3 is 2.66 bits per heavy atom. The molecule has 29 heavy (non-hydrogen) atoms. The van der Waals surface area contributed by atoms with Gasteiger partial charge in [-0.3, -0.25) is 4.79 Å². The highest BCUT2D eigenvalue weighted by atomic mass is 16.7. The van der Waals surface area contributed by atoms with E-state index in [1.54, 1.807) is 0 Å². The predicted octanol–water partition coefficient (Wildman–Crippen LogP) is 3.84. The van der Waals surface area contributed by atoms with E-state index in [0.717, 1.165) is 6.08 Å². The molecule has 0 aromatic heterocycles. The first-order chi connectivity index (χ1) is 14.1. The summed E-state index contributed by atoms with van der Waals surface area (Å²) in [7, 11) is 0. The van der Waals surface area contributed by atoms with Crippen molar-refractivity contribution in [3.63, 3.8) is 0 Å². The normalized spacial score (nSPS) is 16.6. The first-order valence-corrected chi connectivity index (χ1v) is 9.76. The number of Topliss-reactive ketones (excluding diaryl/α,β-unsaturated/α-hetero) is 1. The average molecular weight is 400 g/mol. The second kappa shape index (κ2) is 12.7. The maximum absolute atomic E-state index is 12.6. The summed E-state index contributed by atoms with van der Waals surface area (Å²) in [4.78, 5) is 23.5. The van der Waals surface area contributed by atoms with Gasteiger partial charge in [-0.1, -0.05) is 49.9 Å². The first kappa shape index (κ1) is 22.6. The minimum absolute atomic E-state index is 0.0792. The van der Waals surface area contributed by atoms with E-state index in [2.05, 4.69) is 6.58 Å². The van der Waals surface area contributed by atoms with E-state index in [1.165, 1.54) is 0 Å². The highest BCUT2D eigenvalue weighted by Gasteiger charge is 2.21. The van der Waals surface area contributed by atoms with Crippen molar-refractivity contribution in [2.24, 2.45) is 5.92 Å². The summed E-state index contributed by atoms with van der Waals surface area (Å²) >= 11 is 0. The molecule has 2 atom stereocenters. The molecule has 0 amide bonds. The van der Waals surface area contributed by atoms with Gasteiger partial charge in [0.25, 0.3) is 0 Å². The van der Waals surface area contributed by atoms with Gasteiger partial charge >= 0.3 is 5.97 Å². The summed E-state index contributed by atoms with van der Waals surface area (Å²) in [6, 6.07) is 9.26. The zero-order valence-electron chi connectivity index (χ0n) is 16.8. The largest absolute Gasteiger partial charge is 0.465 e. The van der Waals surface area contributed by atoms with Crippen LogP contribution >= 0.6 is 0 Å². The van der Waals surface area contributed by atoms with Crippen molar-refractivity contribution in [1.29, 1.82) is 0 Å². The molecule has 0 saturated heterocycles.